The number of carbonyl (C=O) groups excluding carboxylic acids is 1. The second kappa shape index (κ2) is 7.22. The van der Waals surface area contributed by atoms with Crippen molar-refractivity contribution in [1.29, 1.82) is 0 Å². The van der Waals surface area contributed by atoms with Gasteiger partial charge in [-0.15, -0.1) is 0 Å². The summed E-state index contributed by atoms with van der Waals surface area (Å²) in [4.78, 5) is 11.9. The number of hydrogen-bond donors (Lipinski definition) is 3. The average molecular weight is 287 g/mol. The Hall–Kier alpha value is -2.65. The summed E-state index contributed by atoms with van der Waals surface area (Å²) in [7, 11) is 0. The molecule has 1 aromatic heterocycles. The fraction of sp³-hybridized carbons (Fsp3) is 0.200. The largest absolute Gasteiger partial charge is 0.395 e. The fourth-order valence-corrected chi connectivity index (χ4v) is 1.65. The molecule has 6 heteroatoms. The van der Waals surface area contributed by atoms with Gasteiger partial charge in [0, 0.05) is 30.3 Å². The van der Waals surface area contributed by atoms with Gasteiger partial charge in [-0.05, 0) is 18.2 Å². The minimum absolute atomic E-state index is 0.0359. The molecule has 0 atom stereocenters. The van der Waals surface area contributed by atoms with Crippen molar-refractivity contribution < 1.29 is 14.3 Å². The van der Waals surface area contributed by atoms with E-state index in [1.165, 1.54) is 12.1 Å². The lowest BCUT2D eigenvalue weighted by molar-refractivity contribution is 0.0947. The summed E-state index contributed by atoms with van der Waals surface area (Å²) in [5.74, 6) is 4.28. The highest BCUT2D eigenvalue weighted by atomic mass is 19.1. The van der Waals surface area contributed by atoms with Crippen LogP contribution in [0.3, 0.4) is 0 Å². The summed E-state index contributed by atoms with van der Waals surface area (Å²) in [5, 5.41) is 17.6. The van der Waals surface area contributed by atoms with Gasteiger partial charge in [-0.3, -0.25) is 9.89 Å². The monoisotopic (exact) mass is 287 g/mol. The number of rotatable bonds is 4. The van der Waals surface area contributed by atoms with E-state index in [9.17, 15) is 9.18 Å². The molecule has 2 aromatic rings. The van der Waals surface area contributed by atoms with Gasteiger partial charge in [0.05, 0.1) is 18.4 Å². The number of nitrogens with zero attached hydrogens (tertiary/aromatic N) is 1. The molecule has 2 rings (SSSR count). The van der Waals surface area contributed by atoms with E-state index in [1.807, 2.05) is 0 Å². The summed E-state index contributed by atoms with van der Waals surface area (Å²) >= 11 is 0. The Bertz CT molecular complexity index is 672. The zero-order valence-electron chi connectivity index (χ0n) is 11.2. The first-order valence-corrected chi connectivity index (χ1v) is 6.36. The summed E-state index contributed by atoms with van der Waals surface area (Å²) in [6.45, 7) is 0.233. The highest BCUT2D eigenvalue weighted by molar-refractivity contribution is 5.94. The van der Waals surface area contributed by atoms with E-state index in [1.54, 1.807) is 18.5 Å². The van der Waals surface area contributed by atoms with Gasteiger partial charge >= 0.3 is 0 Å². The van der Waals surface area contributed by atoms with Crippen molar-refractivity contribution in [2.24, 2.45) is 0 Å². The molecule has 3 N–H and O–H groups in total. The molecular formula is C15H14FN3O2. The average Bonchev–Trinajstić information content (AvgIpc) is 2.98. The van der Waals surface area contributed by atoms with Crippen LogP contribution < -0.4 is 5.32 Å². The van der Waals surface area contributed by atoms with E-state index < -0.39 is 11.7 Å². The Kier molecular flexibility index (Phi) is 5.07. The number of amides is 1. The molecule has 1 amide bonds. The van der Waals surface area contributed by atoms with Crippen molar-refractivity contribution in [1.82, 2.24) is 15.5 Å². The molecule has 0 radical (unpaired) electrons. The molecule has 1 heterocycles. The van der Waals surface area contributed by atoms with Crippen molar-refractivity contribution in [3.63, 3.8) is 0 Å². The number of benzene rings is 1. The van der Waals surface area contributed by atoms with Gasteiger partial charge in [0.15, 0.2) is 0 Å². The molecule has 0 fully saturated rings. The number of aliphatic hydroxyl groups is 1. The highest BCUT2D eigenvalue weighted by Gasteiger charge is 2.11. The van der Waals surface area contributed by atoms with Crippen LogP contribution in [0.5, 0.6) is 0 Å². The standard InChI is InChI=1S/C15H14FN3O2/c16-14-7-11(3-1-2-6-20)4-5-13(14)15(21)17-8-12-9-18-19-10-12/h4-5,7,9-10,20H,2,6,8H2,(H,17,21)(H,18,19). The molecule has 0 aliphatic heterocycles. The first kappa shape index (κ1) is 14.8. The Balaban J connectivity index is 2.03. The van der Waals surface area contributed by atoms with Crippen LogP contribution in [0, 0.1) is 17.7 Å². The third-order valence-corrected chi connectivity index (χ3v) is 2.69. The predicted octanol–water partition coefficient (Wildman–Crippen LogP) is 1.21. The third-order valence-electron chi connectivity index (χ3n) is 2.69. The second-order valence-electron chi connectivity index (χ2n) is 4.26. The topological polar surface area (TPSA) is 78.0 Å². The van der Waals surface area contributed by atoms with Crippen molar-refractivity contribution in [3.8, 4) is 11.8 Å². The molecular weight excluding hydrogens is 273 g/mol. The van der Waals surface area contributed by atoms with Gasteiger partial charge < -0.3 is 10.4 Å². The van der Waals surface area contributed by atoms with Crippen LogP contribution in [-0.2, 0) is 6.54 Å². The van der Waals surface area contributed by atoms with Crippen molar-refractivity contribution in [2.45, 2.75) is 13.0 Å². The molecule has 5 nitrogen and oxygen atoms in total. The van der Waals surface area contributed by atoms with Crippen molar-refractivity contribution in [2.75, 3.05) is 6.61 Å². The first-order valence-electron chi connectivity index (χ1n) is 6.36. The molecule has 108 valence electrons. The van der Waals surface area contributed by atoms with E-state index in [2.05, 4.69) is 27.4 Å². The maximum Gasteiger partial charge on any atom is 0.254 e. The van der Waals surface area contributed by atoms with Crippen LogP contribution in [0.15, 0.2) is 30.6 Å². The highest BCUT2D eigenvalue weighted by Crippen LogP contribution is 2.10. The van der Waals surface area contributed by atoms with Crippen LogP contribution in [0.25, 0.3) is 0 Å². The molecule has 0 spiro atoms. The molecule has 0 unspecified atom stereocenters. The molecule has 0 bridgehead atoms. The molecule has 0 aliphatic rings. The SMILES string of the molecule is O=C(NCc1cn[nH]c1)c1ccc(C#CCCO)cc1F. The van der Waals surface area contributed by atoms with E-state index in [-0.39, 0.29) is 18.7 Å². The normalized spacial score (nSPS) is 9.81. The third kappa shape index (κ3) is 4.16. The number of hydrogen-bond acceptors (Lipinski definition) is 3. The maximum absolute atomic E-state index is 13.9. The van der Waals surface area contributed by atoms with E-state index in [0.29, 0.717) is 12.0 Å². The maximum atomic E-state index is 13.9. The lowest BCUT2D eigenvalue weighted by Gasteiger charge is -2.05. The number of halogens is 1. The van der Waals surface area contributed by atoms with Gasteiger partial charge in [-0.25, -0.2) is 4.39 Å². The molecule has 0 saturated heterocycles. The van der Waals surface area contributed by atoms with E-state index in [0.717, 1.165) is 5.56 Å². The quantitative estimate of drug-likeness (QED) is 0.740. The van der Waals surface area contributed by atoms with Gasteiger partial charge in [-0.1, -0.05) is 11.8 Å². The Morgan fingerprint density at radius 2 is 2.33 bits per heavy atom. The summed E-state index contributed by atoms with van der Waals surface area (Å²) in [6, 6.07) is 4.17. The summed E-state index contributed by atoms with van der Waals surface area (Å²) in [6.07, 6.45) is 3.56. The second-order valence-corrected chi connectivity index (χ2v) is 4.26. The Labute approximate surface area is 121 Å². The van der Waals surface area contributed by atoms with Crippen molar-refractivity contribution >= 4 is 5.91 Å². The van der Waals surface area contributed by atoms with Gasteiger partial charge in [0.2, 0.25) is 0 Å². The minimum atomic E-state index is -0.629. The van der Waals surface area contributed by atoms with Crippen LogP contribution in [-0.4, -0.2) is 27.8 Å². The van der Waals surface area contributed by atoms with Crippen LogP contribution >= 0.6 is 0 Å². The smallest absolute Gasteiger partial charge is 0.254 e. The van der Waals surface area contributed by atoms with Gasteiger partial charge in [-0.2, -0.15) is 5.10 Å². The predicted molar refractivity (Wildman–Crippen MR) is 74.7 cm³/mol. The minimum Gasteiger partial charge on any atom is -0.395 e. The summed E-state index contributed by atoms with van der Waals surface area (Å²) < 4.78 is 13.9. The molecule has 0 aliphatic carbocycles. The fourth-order valence-electron chi connectivity index (χ4n) is 1.65. The lowest BCUT2D eigenvalue weighted by Crippen LogP contribution is -2.23. The number of aliphatic hydroxyl groups excluding tert-OH is 1. The molecule has 0 saturated carbocycles. The van der Waals surface area contributed by atoms with Crippen LogP contribution in [0.2, 0.25) is 0 Å². The Morgan fingerprint density at radius 3 is 3.00 bits per heavy atom. The molecule has 21 heavy (non-hydrogen) atoms. The van der Waals surface area contributed by atoms with Gasteiger partial charge in [0.1, 0.15) is 5.82 Å². The van der Waals surface area contributed by atoms with Crippen LogP contribution in [0.4, 0.5) is 4.39 Å². The van der Waals surface area contributed by atoms with E-state index >= 15 is 0 Å². The molecule has 1 aromatic carbocycles. The Morgan fingerprint density at radius 1 is 1.48 bits per heavy atom. The van der Waals surface area contributed by atoms with Crippen LogP contribution in [0.1, 0.15) is 27.9 Å². The number of aromatic amines is 1. The zero-order chi connectivity index (χ0) is 15.1. The van der Waals surface area contributed by atoms with E-state index in [4.69, 9.17) is 5.11 Å². The number of H-pyrrole nitrogens is 1. The van der Waals surface area contributed by atoms with Gasteiger partial charge in [0.25, 0.3) is 5.91 Å². The number of carbonyl (C=O) groups is 1. The zero-order valence-corrected chi connectivity index (χ0v) is 11.2. The number of nitrogens with one attached hydrogen (secondary N) is 2. The number of aromatic nitrogens is 2. The lowest BCUT2D eigenvalue weighted by atomic mass is 10.1. The van der Waals surface area contributed by atoms with Crippen molar-refractivity contribution in [3.05, 3.63) is 53.1 Å². The summed E-state index contributed by atoms with van der Waals surface area (Å²) in [5.41, 5.74) is 1.23. The first-order chi connectivity index (χ1) is 10.2.